The van der Waals surface area contributed by atoms with Gasteiger partial charge in [0.2, 0.25) is 0 Å². The third kappa shape index (κ3) is 2.34. The summed E-state index contributed by atoms with van der Waals surface area (Å²) < 4.78 is 0. The molecule has 4 bridgehead atoms. The van der Waals surface area contributed by atoms with Crippen LogP contribution in [0, 0.1) is 23.2 Å². The van der Waals surface area contributed by atoms with Crippen molar-refractivity contribution in [2.24, 2.45) is 28.2 Å². The van der Waals surface area contributed by atoms with Crippen LogP contribution in [0.5, 0.6) is 0 Å². The summed E-state index contributed by atoms with van der Waals surface area (Å²) in [5.41, 5.74) is 2.28. The highest BCUT2D eigenvalue weighted by molar-refractivity contribution is 7.10. The number of Topliss-reactive ketones (excluding diaryl/α,β-unsaturated/α-hetero) is 1. The van der Waals surface area contributed by atoms with Crippen molar-refractivity contribution >= 4 is 22.8 Å². The Labute approximate surface area is 148 Å². The molecule has 24 heavy (non-hydrogen) atoms. The summed E-state index contributed by atoms with van der Waals surface area (Å²) in [4.78, 5) is 19.8. The van der Waals surface area contributed by atoms with E-state index in [2.05, 4.69) is 25.3 Å². The van der Waals surface area contributed by atoms with Crippen LogP contribution in [0.2, 0.25) is 0 Å². The van der Waals surface area contributed by atoms with Crippen LogP contribution in [-0.2, 0) is 11.2 Å². The molecular weight excluding hydrogens is 314 g/mol. The lowest BCUT2D eigenvalue weighted by atomic mass is 9.48. The summed E-state index contributed by atoms with van der Waals surface area (Å²) in [7, 11) is 0. The minimum Gasteiger partial charge on any atom is -0.299 e. The standard InChI is InChI=1S/C21H27NOS/c1-20(2)12-18-16(3-4-24-18)17(22-20)8-19(23)21-9-13-5-14(10-21)7-15(6-13)11-21/h3-4,13-15H,5-12H2,1-2H3. The molecule has 4 aliphatic carbocycles. The lowest BCUT2D eigenvalue weighted by Crippen LogP contribution is -2.50. The number of ketones is 1. The quantitative estimate of drug-likeness (QED) is 0.756. The third-order valence-corrected chi connectivity index (χ3v) is 7.97. The molecule has 1 aliphatic heterocycles. The Balaban J connectivity index is 1.44. The Morgan fingerprint density at radius 2 is 1.79 bits per heavy atom. The maximum Gasteiger partial charge on any atom is 0.145 e. The fourth-order valence-corrected chi connectivity index (χ4v) is 7.64. The summed E-state index contributed by atoms with van der Waals surface area (Å²) in [6, 6.07) is 2.18. The molecule has 5 aliphatic rings. The molecule has 128 valence electrons. The number of carbonyl (C=O) groups is 1. The van der Waals surface area contributed by atoms with Gasteiger partial charge in [-0.2, -0.15) is 0 Å². The van der Waals surface area contributed by atoms with Crippen molar-refractivity contribution in [3.05, 3.63) is 21.9 Å². The molecule has 0 N–H and O–H groups in total. The van der Waals surface area contributed by atoms with Crippen LogP contribution in [0.1, 0.15) is 69.2 Å². The molecule has 6 rings (SSSR count). The molecule has 3 heteroatoms. The molecule has 0 atom stereocenters. The predicted molar refractivity (Wildman–Crippen MR) is 98.9 cm³/mol. The zero-order valence-corrected chi connectivity index (χ0v) is 15.6. The summed E-state index contributed by atoms with van der Waals surface area (Å²) in [5, 5.41) is 2.16. The van der Waals surface area contributed by atoms with Crippen LogP contribution in [0.15, 0.2) is 16.4 Å². The van der Waals surface area contributed by atoms with Gasteiger partial charge in [0.1, 0.15) is 5.78 Å². The van der Waals surface area contributed by atoms with Crippen LogP contribution >= 0.6 is 11.3 Å². The van der Waals surface area contributed by atoms with Gasteiger partial charge in [-0.15, -0.1) is 11.3 Å². The number of hydrogen-bond donors (Lipinski definition) is 0. The molecule has 0 unspecified atom stereocenters. The van der Waals surface area contributed by atoms with Gasteiger partial charge in [0.25, 0.3) is 0 Å². The second-order valence-electron chi connectivity index (χ2n) is 9.60. The van der Waals surface area contributed by atoms with Crippen molar-refractivity contribution in [1.82, 2.24) is 0 Å². The average Bonchev–Trinajstić information content (AvgIpc) is 2.92. The van der Waals surface area contributed by atoms with Gasteiger partial charge in [0, 0.05) is 28.7 Å². The van der Waals surface area contributed by atoms with Gasteiger partial charge in [-0.3, -0.25) is 9.79 Å². The van der Waals surface area contributed by atoms with Crippen molar-refractivity contribution in [3.8, 4) is 0 Å². The Morgan fingerprint density at radius 3 is 2.42 bits per heavy atom. The molecular formula is C21H27NOS. The lowest BCUT2D eigenvalue weighted by molar-refractivity contribution is -0.142. The minimum atomic E-state index is -0.0606. The highest BCUT2D eigenvalue weighted by atomic mass is 32.1. The van der Waals surface area contributed by atoms with Crippen molar-refractivity contribution in [2.75, 3.05) is 0 Å². The van der Waals surface area contributed by atoms with Crippen molar-refractivity contribution < 1.29 is 4.79 Å². The first-order chi connectivity index (χ1) is 11.4. The molecule has 1 aromatic heterocycles. The third-order valence-electron chi connectivity index (χ3n) is 7.04. The summed E-state index contributed by atoms with van der Waals surface area (Å²) in [6.07, 6.45) is 9.29. The summed E-state index contributed by atoms with van der Waals surface area (Å²) >= 11 is 1.83. The number of rotatable bonds is 3. The smallest absolute Gasteiger partial charge is 0.145 e. The number of aliphatic imine (C=N–C) groups is 1. The summed E-state index contributed by atoms with van der Waals surface area (Å²) in [5.74, 6) is 3.01. The Morgan fingerprint density at radius 1 is 1.17 bits per heavy atom. The highest BCUT2D eigenvalue weighted by Gasteiger charge is 2.54. The molecule has 0 radical (unpaired) electrons. The largest absolute Gasteiger partial charge is 0.299 e. The molecule has 2 heterocycles. The maximum atomic E-state index is 13.4. The van der Waals surface area contributed by atoms with E-state index in [0.717, 1.165) is 29.9 Å². The molecule has 4 fully saturated rings. The van der Waals surface area contributed by atoms with Crippen LogP contribution < -0.4 is 0 Å². The van der Waals surface area contributed by atoms with E-state index in [1.165, 1.54) is 49.0 Å². The molecule has 2 nitrogen and oxygen atoms in total. The first-order valence-corrected chi connectivity index (χ1v) is 10.5. The number of thiophene rings is 1. The van der Waals surface area contributed by atoms with Gasteiger partial charge < -0.3 is 0 Å². The van der Waals surface area contributed by atoms with Gasteiger partial charge in [0.05, 0.1) is 11.3 Å². The second kappa shape index (κ2) is 5.03. The predicted octanol–water partition coefficient (Wildman–Crippen LogP) is 5.05. The van der Waals surface area contributed by atoms with Gasteiger partial charge >= 0.3 is 0 Å². The van der Waals surface area contributed by atoms with Crippen LogP contribution in [0.25, 0.3) is 0 Å². The van der Waals surface area contributed by atoms with Crippen LogP contribution in [0.4, 0.5) is 0 Å². The number of hydrogen-bond acceptors (Lipinski definition) is 3. The van der Waals surface area contributed by atoms with E-state index in [0.29, 0.717) is 12.2 Å². The Hall–Kier alpha value is -0.960. The number of carbonyl (C=O) groups excluding carboxylic acids is 1. The zero-order chi connectivity index (χ0) is 16.5. The summed E-state index contributed by atoms with van der Waals surface area (Å²) in [6.45, 7) is 4.40. The highest BCUT2D eigenvalue weighted by Crippen LogP contribution is 2.60. The van der Waals surface area contributed by atoms with Gasteiger partial charge in [0.15, 0.2) is 0 Å². The SMILES string of the molecule is CC1(C)Cc2sccc2C(CC(=O)C23CC4CC(CC(C4)C2)C3)=N1. The van der Waals surface area contributed by atoms with Crippen molar-refractivity contribution in [2.45, 2.75) is 70.8 Å². The molecule has 0 saturated heterocycles. The van der Waals surface area contributed by atoms with E-state index >= 15 is 0 Å². The Kier molecular flexibility index (Phi) is 3.21. The van der Waals surface area contributed by atoms with E-state index in [1.54, 1.807) is 0 Å². The van der Waals surface area contributed by atoms with E-state index in [-0.39, 0.29) is 11.0 Å². The molecule has 1 aromatic rings. The molecule has 0 amide bonds. The maximum absolute atomic E-state index is 13.4. The number of nitrogens with zero attached hydrogens (tertiary/aromatic N) is 1. The molecule has 0 spiro atoms. The second-order valence-corrected chi connectivity index (χ2v) is 10.6. The first kappa shape index (κ1) is 15.3. The van der Waals surface area contributed by atoms with E-state index in [9.17, 15) is 4.79 Å². The molecule has 0 aromatic carbocycles. The fourth-order valence-electron chi connectivity index (χ4n) is 6.52. The average molecular weight is 342 g/mol. The fraction of sp³-hybridized carbons (Fsp3) is 0.714. The first-order valence-electron chi connectivity index (χ1n) is 9.61. The topological polar surface area (TPSA) is 29.4 Å². The zero-order valence-electron chi connectivity index (χ0n) is 14.8. The lowest BCUT2D eigenvalue weighted by Gasteiger charge is -2.56. The monoisotopic (exact) mass is 341 g/mol. The van der Waals surface area contributed by atoms with E-state index in [1.807, 2.05) is 11.3 Å². The van der Waals surface area contributed by atoms with Crippen molar-refractivity contribution in [1.29, 1.82) is 0 Å². The van der Waals surface area contributed by atoms with Crippen LogP contribution in [0.3, 0.4) is 0 Å². The normalized spacial score (nSPS) is 38.8. The Bertz CT molecular complexity index is 691. The van der Waals surface area contributed by atoms with E-state index < -0.39 is 0 Å². The molecule has 4 saturated carbocycles. The van der Waals surface area contributed by atoms with Gasteiger partial charge in [-0.05, 0) is 81.6 Å². The van der Waals surface area contributed by atoms with Gasteiger partial charge in [-0.25, -0.2) is 0 Å². The van der Waals surface area contributed by atoms with Gasteiger partial charge in [-0.1, -0.05) is 0 Å². The number of fused-ring (bicyclic) bond motifs is 1. The van der Waals surface area contributed by atoms with Crippen LogP contribution in [-0.4, -0.2) is 17.0 Å². The van der Waals surface area contributed by atoms with Crippen molar-refractivity contribution in [3.63, 3.8) is 0 Å². The van der Waals surface area contributed by atoms with E-state index in [4.69, 9.17) is 4.99 Å². The minimum absolute atomic E-state index is 0.00897.